The van der Waals surface area contributed by atoms with Crippen LogP contribution in [-0.2, 0) is 16.8 Å². The highest BCUT2D eigenvalue weighted by Crippen LogP contribution is 1.99. The van der Waals surface area contributed by atoms with Crippen LogP contribution in [0.2, 0.25) is 0 Å². The summed E-state index contributed by atoms with van der Waals surface area (Å²) in [5.74, 6) is 0.732. The molecule has 0 amide bonds. The molecule has 9 heteroatoms. The zero-order valence-electron chi connectivity index (χ0n) is 11.5. The summed E-state index contributed by atoms with van der Waals surface area (Å²) >= 11 is 0. The molecule has 1 aromatic heterocycles. The number of aromatic nitrogens is 2. The number of aryl methyl sites for hydroxylation is 1. The van der Waals surface area contributed by atoms with Gasteiger partial charge in [-0.15, -0.1) is 0 Å². The van der Waals surface area contributed by atoms with Gasteiger partial charge in [0.1, 0.15) is 0 Å². The first-order valence-electron chi connectivity index (χ1n) is 6.16. The molecule has 0 spiro atoms. The normalized spacial score (nSPS) is 12.2. The average Bonchev–Trinajstić information content (AvgIpc) is 2.78. The molecule has 0 aliphatic heterocycles. The van der Waals surface area contributed by atoms with E-state index in [0.717, 1.165) is 19.5 Å². The number of rotatable bonds is 9. The summed E-state index contributed by atoms with van der Waals surface area (Å²) in [6.07, 6.45) is 0.755. The van der Waals surface area contributed by atoms with Crippen LogP contribution in [0.25, 0.3) is 0 Å². The lowest BCUT2D eigenvalue weighted by Gasteiger charge is -2.16. The van der Waals surface area contributed by atoms with Crippen LogP contribution in [0, 0.1) is 6.92 Å². The van der Waals surface area contributed by atoms with Gasteiger partial charge in [-0.3, -0.25) is 0 Å². The van der Waals surface area contributed by atoms with Crippen LogP contribution in [0.1, 0.15) is 25.1 Å². The molecule has 0 bridgehead atoms. The first kappa shape index (κ1) is 16.0. The quantitative estimate of drug-likeness (QED) is 0.603. The molecule has 0 aromatic carbocycles. The Labute approximate surface area is 113 Å². The highest BCUT2D eigenvalue weighted by molar-refractivity contribution is 7.87. The lowest BCUT2D eigenvalue weighted by atomic mass is 10.4. The standard InChI is InChI=1S/C10H21N5O3S/c1-4-11-6-5-7-15(3)19(16,17)12-8-10-13-9(2)14-18-10/h11-12H,4-8H2,1-3H3. The van der Waals surface area contributed by atoms with Crippen LogP contribution in [0.5, 0.6) is 0 Å². The average molecular weight is 291 g/mol. The van der Waals surface area contributed by atoms with Crippen molar-refractivity contribution in [3.8, 4) is 0 Å². The predicted octanol–water partition coefficient (Wildman–Crippen LogP) is -0.356. The number of hydrogen-bond donors (Lipinski definition) is 2. The molecule has 2 N–H and O–H groups in total. The molecule has 1 heterocycles. The van der Waals surface area contributed by atoms with Crippen molar-refractivity contribution >= 4 is 10.2 Å². The van der Waals surface area contributed by atoms with E-state index in [-0.39, 0.29) is 12.4 Å². The maximum absolute atomic E-state index is 11.9. The number of nitrogens with one attached hydrogen (secondary N) is 2. The fraction of sp³-hybridized carbons (Fsp3) is 0.800. The summed E-state index contributed by atoms with van der Waals surface area (Å²) in [6, 6.07) is 0. The molecule has 1 rings (SSSR count). The van der Waals surface area contributed by atoms with Crippen molar-refractivity contribution < 1.29 is 12.9 Å². The molecular weight excluding hydrogens is 270 g/mol. The molecule has 0 saturated carbocycles. The molecular formula is C10H21N5O3S. The van der Waals surface area contributed by atoms with Crippen molar-refractivity contribution in [2.75, 3.05) is 26.7 Å². The third-order valence-electron chi connectivity index (χ3n) is 2.46. The van der Waals surface area contributed by atoms with Crippen molar-refractivity contribution in [2.24, 2.45) is 0 Å². The molecule has 0 radical (unpaired) electrons. The number of nitrogens with zero attached hydrogens (tertiary/aromatic N) is 3. The fourth-order valence-electron chi connectivity index (χ4n) is 1.40. The zero-order chi connectivity index (χ0) is 14.3. The molecule has 0 aliphatic rings. The summed E-state index contributed by atoms with van der Waals surface area (Å²) in [5, 5.41) is 6.73. The van der Waals surface area contributed by atoms with Crippen LogP contribution < -0.4 is 10.0 Å². The van der Waals surface area contributed by atoms with Gasteiger partial charge in [0.05, 0.1) is 6.54 Å². The van der Waals surface area contributed by atoms with Gasteiger partial charge in [0, 0.05) is 13.6 Å². The lowest BCUT2D eigenvalue weighted by Crippen LogP contribution is -2.39. The van der Waals surface area contributed by atoms with Crippen molar-refractivity contribution in [3.63, 3.8) is 0 Å². The molecule has 0 fully saturated rings. The van der Waals surface area contributed by atoms with Crippen LogP contribution in [0.4, 0.5) is 0 Å². The molecule has 0 unspecified atom stereocenters. The van der Waals surface area contributed by atoms with E-state index >= 15 is 0 Å². The van der Waals surface area contributed by atoms with E-state index in [1.807, 2.05) is 6.92 Å². The van der Waals surface area contributed by atoms with Crippen LogP contribution in [0.15, 0.2) is 4.52 Å². The third kappa shape index (κ3) is 5.64. The first-order chi connectivity index (χ1) is 8.95. The minimum Gasteiger partial charge on any atom is -0.338 e. The van der Waals surface area contributed by atoms with Crippen molar-refractivity contribution in [1.29, 1.82) is 0 Å². The largest absolute Gasteiger partial charge is 0.338 e. The predicted molar refractivity (Wildman–Crippen MR) is 70.6 cm³/mol. The van der Waals surface area contributed by atoms with Gasteiger partial charge in [-0.05, 0) is 26.4 Å². The Morgan fingerprint density at radius 2 is 2.16 bits per heavy atom. The van der Waals surface area contributed by atoms with E-state index in [0.29, 0.717) is 12.4 Å². The Morgan fingerprint density at radius 3 is 2.74 bits per heavy atom. The first-order valence-corrected chi connectivity index (χ1v) is 7.60. The Bertz CT molecular complexity index is 473. The lowest BCUT2D eigenvalue weighted by molar-refractivity contribution is 0.368. The van der Waals surface area contributed by atoms with E-state index in [2.05, 4.69) is 20.2 Å². The fourth-order valence-corrected chi connectivity index (χ4v) is 2.29. The highest BCUT2D eigenvalue weighted by atomic mass is 32.2. The van der Waals surface area contributed by atoms with E-state index in [1.54, 1.807) is 6.92 Å². The monoisotopic (exact) mass is 291 g/mol. The Kier molecular flexibility index (Phi) is 6.35. The molecule has 110 valence electrons. The summed E-state index contributed by atoms with van der Waals surface area (Å²) < 4.78 is 32.3. The minimum absolute atomic E-state index is 0.000718. The maximum Gasteiger partial charge on any atom is 0.279 e. The molecule has 19 heavy (non-hydrogen) atoms. The van der Waals surface area contributed by atoms with Crippen molar-refractivity contribution in [1.82, 2.24) is 24.5 Å². The molecule has 0 atom stereocenters. The highest BCUT2D eigenvalue weighted by Gasteiger charge is 2.17. The zero-order valence-corrected chi connectivity index (χ0v) is 12.3. The van der Waals surface area contributed by atoms with E-state index in [1.165, 1.54) is 11.4 Å². The maximum atomic E-state index is 11.9. The molecule has 1 aromatic rings. The second kappa shape index (κ2) is 7.53. The van der Waals surface area contributed by atoms with Gasteiger partial charge >= 0.3 is 0 Å². The van der Waals surface area contributed by atoms with Gasteiger partial charge in [-0.1, -0.05) is 12.1 Å². The van der Waals surface area contributed by atoms with Gasteiger partial charge in [0.2, 0.25) is 5.89 Å². The second-order valence-corrected chi connectivity index (χ2v) is 5.95. The third-order valence-corrected chi connectivity index (χ3v) is 3.97. The van der Waals surface area contributed by atoms with Crippen molar-refractivity contribution in [2.45, 2.75) is 26.8 Å². The Morgan fingerprint density at radius 1 is 1.42 bits per heavy atom. The SMILES string of the molecule is CCNCCCN(C)S(=O)(=O)NCc1nc(C)no1. The topological polar surface area (TPSA) is 100 Å². The van der Waals surface area contributed by atoms with Gasteiger partial charge < -0.3 is 9.84 Å². The molecule has 8 nitrogen and oxygen atoms in total. The van der Waals surface area contributed by atoms with Crippen molar-refractivity contribution in [3.05, 3.63) is 11.7 Å². The number of hydrogen-bond acceptors (Lipinski definition) is 6. The van der Waals surface area contributed by atoms with Crippen LogP contribution in [-0.4, -0.2) is 49.5 Å². The summed E-state index contributed by atoms with van der Waals surface area (Å²) in [6.45, 7) is 5.80. The van der Waals surface area contributed by atoms with Gasteiger partial charge in [-0.2, -0.15) is 22.4 Å². The smallest absolute Gasteiger partial charge is 0.279 e. The second-order valence-electron chi connectivity index (χ2n) is 4.09. The van der Waals surface area contributed by atoms with E-state index in [9.17, 15) is 8.42 Å². The van der Waals surface area contributed by atoms with Gasteiger partial charge in [-0.25, -0.2) is 0 Å². The minimum atomic E-state index is -3.51. The summed E-state index contributed by atoms with van der Waals surface area (Å²) in [5.41, 5.74) is 0. The molecule has 0 saturated heterocycles. The van der Waals surface area contributed by atoms with Gasteiger partial charge in [0.25, 0.3) is 10.2 Å². The summed E-state index contributed by atoms with van der Waals surface area (Å²) in [7, 11) is -1.97. The Hall–Kier alpha value is -1.03. The summed E-state index contributed by atoms with van der Waals surface area (Å²) in [4.78, 5) is 3.93. The van der Waals surface area contributed by atoms with Gasteiger partial charge in [0.15, 0.2) is 5.82 Å². The Balaban J connectivity index is 2.37. The van der Waals surface area contributed by atoms with Crippen LogP contribution >= 0.6 is 0 Å². The van der Waals surface area contributed by atoms with Crippen LogP contribution in [0.3, 0.4) is 0 Å². The van der Waals surface area contributed by atoms with E-state index in [4.69, 9.17) is 4.52 Å². The van der Waals surface area contributed by atoms with E-state index < -0.39 is 10.2 Å². The molecule has 0 aliphatic carbocycles.